The van der Waals surface area contributed by atoms with Crippen LogP contribution >= 0.6 is 11.3 Å². The van der Waals surface area contributed by atoms with E-state index in [0.29, 0.717) is 12.0 Å². The van der Waals surface area contributed by atoms with Gasteiger partial charge < -0.3 is 5.32 Å². The second-order valence-electron chi connectivity index (χ2n) is 3.84. The molecule has 1 heterocycles. The number of thiophene rings is 1. The van der Waals surface area contributed by atoms with E-state index >= 15 is 0 Å². The van der Waals surface area contributed by atoms with E-state index in [-0.39, 0.29) is 0 Å². The Kier molecular flexibility index (Phi) is 5.20. The summed E-state index contributed by atoms with van der Waals surface area (Å²) >= 11 is 1.86. The van der Waals surface area contributed by atoms with Crippen molar-refractivity contribution in [1.82, 2.24) is 5.32 Å². The van der Waals surface area contributed by atoms with E-state index in [0.717, 1.165) is 6.54 Å². The minimum absolute atomic E-state index is 0.649. The van der Waals surface area contributed by atoms with Crippen LogP contribution in [0.3, 0.4) is 0 Å². The van der Waals surface area contributed by atoms with Gasteiger partial charge in [0.15, 0.2) is 0 Å². The van der Waals surface area contributed by atoms with Crippen LogP contribution in [0.2, 0.25) is 0 Å². The molecule has 14 heavy (non-hydrogen) atoms. The van der Waals surface area contributed by atoms with Gasteiger partial charge in [0.2, 0.25) is 0 Å². The standard InChI is InChI=1S/C12H21NS/c1-4-11(5-2)13-9-10(3)12-7-6-8-14-12/h6-8,10-11,13H,4-5,9H2,1-3H3. The van der Waals surface area contributed by atoms with Crippen molar-refractivity contribution in [2.24, 2.45) is 0 Å². The van der Waals surface area contributed by atoms with Crippen LogP contribution in [-0.4, -0.2) is 12.6 Å². The lowest BCUT2D eigenvalue weighted by Crippen LogP contribution is -2.30. The molecule has 1 aromatic heterocycles. The summed E-state index contributed by atoms with van der Waals surface area (Å²) in [5.74, 6) is 0.649. The third kappa shape index (κ3) is 3.43. The predicted octanol–water partition coefficient (Wildman–Crippen LogP) is 3.63. The Labute approximate surface area is 91.5 Å². The largest absolute Gasteiger partial charge is 0.313 e. The fourth-order valence-electron chi connectivity index (χ4n) is 1.59. The maximum absolute atomic E-state index is 3.61. The molecule has 0 saturated heterocycles. The normalized spacial score (nSPS) is 13.4. The molecule has 0 aliphatic rings. The summed E-state index contributed by atoms with van der Waals surface area (Å²) in [6.07, 6.45) is 2.46. The first-order valence-corrected chi connectivity index (χ1v) is 6.42. The van der Waals surface area contributed by atoms with Crippen LogP contribution in [0.25, 0.3) is 0 Å². The quantitative estimate of drug-likeness (QED) is 0.757. The fraction of sp³-hybridized carbons (Fsp3) is 0.667. The molecule has 0 bridgehead atoms. The Morgan fingerprint density at radius 1 is 1.36 bits per heavy atom. The fourth-order valence-corrected chi connectivity index (χ4v) is 2.38. The average Bonchev–Trinajstić information content (AvgIpc) is 2.72. The molecule has 0 saturated carbocycles. The minimum atomic E-state index is 0.649. The molecule has 0 aliphatic carbocycles. The molecule has 1 unspecified atom stereocenters. The Bertz CT molecular complexity index is 226. The van der Waals surface area contributed by atoms with Crippen LogP contribution in [0, 0.1) is 0 Å². The van der Waals surface area contributed by atoms with Gasteiger partial charge in [-0.05, 0) is 24.3 Å². The molecule has 1 atom stereocenters. The van der Waals surface area contributed by atoms with Crippen LogP contribution in [-0.2, 0) is 0 Å². The minimum Gasteiger partial charge on any atom is -0.313 e. The van der Waals surface area contributed by atoms with Gasteiger partial charge in [0.05, 0.1) is 0 Å². The molecule has 0 fully saturated rings. The summed E-state index contributed by atoms with van der Waals surface area (Å²) in [5, 5.41) is 5.77. The van der Waals surface area contributed by atoms with Gasteiger partial charge in [-0.1, -0.05) is 26.8 Å². The molecular weight excluding hydrogens is 190 g/mol. The number of nitrogens with one attached hydrogen (secondary N) is 1. The van der Waals surface area contributed by atoms with E-state index in [4.69, 9.17) is 0 Å². The topological polar surface area (TPSA) is 12.0 Å². The van der Waals surface area contributed by atoms with Crippen molar-refractivity contribution in [2.45, 2.75) is 45.6 Å². The van der Waals surface area contributed by atoms with Gasteiger partial charge in [0.25, 0.3) is 0 Å². The molecule has 0 radical (unpaired) electrons. The Balaban J connectivity index is 2.31. The van der Waals surface area contributed by atoms with Gasteiger partial charge in [-0.25, -0.2) is 0 Å². The van der Waals surface area contributed by atoms with Crippen LogP contribution < -0.4 is 5.32 Å². The SMILES string of the molecule is CCC(CC)NCC(C)c1cccs1. The Morgan fingerprint density at radius 3 is 2.57 bits per heavy atom. The molecule has 0 aromatic carbocycles. The third-order valence-corrected chi connectivity index (χ3v) is 3.83. The van der Waals surface area contributed by atoms with Crippen LogP contribution in [0.1, 0.15) is 44.4 Å². The van der Waals surface area contributed by atoms with Gasteiger partial charge >= 0.3 is 0 Å². The van der Waals surface area contributed by atoms with Crippen molar-refractivity contribution in [2.75, 3.05) is 6.54 Å². The van der Waals surface area contributed by atoms with E-state index in [1.807, 2.05) is 11.3 Å². The lowest BCUT2D eigenvalue weighted by molar-refractivity contribution is 0.469. The first kappa shape index (κ1) is 11.7. The summed E-state index contributed by atoms with van der Waals surface area (Å²) < 4.78 is 0. The zero-order chi connectivity index (χ0) is 10.4. The van der Waals surface area contributed by atoms with E-state index in [1.165, 1.54) is 17.7 Å². The van der Waals surface area contributed by atoms with E-state index in [9.17, 15) is 0 Å². The number of hydrogen-bond donors (Lipinski definition) is 1. The highest BCUT2D eigenvalue weighted by Crippen LogP contribution is 2.19. The van der Waals surface area contributed by atoms with Gasteiger partial charge in [-0.15, -0.1) is 11.3 Å². The molecule has 0 spiro atoms. The second kappa shape index (κ2) is 6.20. The van der Waals surface area contributed by atoms with Crippen molar-refractivity contribution < 1.29 is 0 Å². The molecule has 1 nitrogen and oxygen atoms in total. The van der Waals surface area contributed by atoms with Crippen molar-refractivity contribution in [3.05, 3.63) is 22.4 Å². The smallest absolute Gasteiger partial charge is 0.00860 e. The number of rotatable bonds is 6. The van der Waals surface area contributed by atoms with Crippen molar-refractivity contribution >= 4 is 11.3 Å². The van der Waals surface area contributed by atoms with Gasteiger partial charge in [0, 0.05) is 23.4 Å². The molecule has 0 amide bonds. The first-order valence-electron chi connectivity index (χ1n) is 5.54. The van der Waals surface area contributed by atoms with E-state index in [2.05, 4.69) is 43.6 Å². The highest BCUT2D eigenvalue weighted by molar-refractivity contribution is 7.10. The highest BCUT2D eigenvalue weighted by atomic mass is 32.1. The maximum atomic E-state index is 3.61. The van der Waals surface area contributed by atoms with E-state index in [1.54, 1.807) is 0 Å². The lowest BCUT2D eigenvalue weighted by Gasteiger charge is -2.17. The molecule has 1 rings (SSSR count). The van der Waals surface area contributed by atoms with Crippen molar-refractivity contribution in [3.63, 3.8) is 0 Å². The first-order chi connectivity index (χ1) is 6.77. The summed E-state index contributed by atoms with van der Waals surface area (Å²) in [6, 6.07) is 5.05. The van der Waals surface area contributed by atoms with Crippen LogP contribution in [0.15, 0.2) is 17.5 Å². The summed E-state index contributed by atoms with van der Waals surface area (Å²) in [4.78, 5) is 1.49. The Hall–Kier alpha value is -0.340. The van der Waals surface area contributed by atoms with Crippen molar-refractivity contribution in [1.29, 1.82) is 0 Å². The zero-order valence-corrected chi connectivity index (χ0v) is 10.2. The lowest BCUT2D eigenvalue weighted by atomic mass is 10.1. The molecule has 1 N–H and O–H groups in total. The Morgan fingerprint density at radius 2 is 2.07 bits per heavy atom. The molecule has 1 aromatic rings. The molecule has 80 valence electrons. The number of hydrogen-bond acceptors (Lipinski definition) is 2. The predicted molar refractivity (Wildman–Crippen MR) is 65.1 cm³/mol. The van der Waals surface area contributed by atoms with Gasteiger partial charge in [-0.3, -0.25) is 0 Å². The third-order valence-electron chi connectivity index (χ3n) is 2.73. The van der Waals surface area contributed by atoms with Crippen molar-refractivity contribution in [3.8, 4) is 0 Å². The van der Waals surface area contributed by atoms with Gasteiger partial charge in [0.1, 0.15) is 0 Å². The zero-order valence-electron chi connectivity index (χ0n) is 9.42. The molecule has 2 heteroatoms. The second-order valence-corrected chi connectivity index (χ2v) is 4.82. The average molecular weight is 211 g/mol. The van der Waals surface area contributed by atoms with Crippen LogP contribution in [0.4, 0.5) is 0 Å². The summed E-state index contributed by atoms with van der Waals surface area (Å²) in [5.41, 5.74) is 0. The van der Waals surface area contributed by atoms with Crippen LogP contribution in [0.5, 0.6) is 0 Å². The summed E-state index contributed by atoms with van der Waals surface area (Å²) in [7, 11) is 0. The maximum Gasteiger partial charge on any atom is 0.00860 e. The monoisotopic (exact) mass is 211 g/mol. The highest BCUT2D eigenvalue weighted by Gasteiger charge is 2.08. The molecular formula is C12H21NS. The summed E-state index contributed by atoms with van der Waals surface area (Å²) in [6.45, 7) is 7.89. The molecule has 0 aliphatic heterocycles. The van der Waals surface area contributed by atoms with E-state index < -0.39 is 0 Å². The van der Waals surface area contributed by atoms with Gasteiger partial charge in [-0.2, -0.15) is 0 Å².